The molecule has 0 saturated heterocycles. The normalized spacial score (nSPS) is 10.8. The number of carbonyl (C=O) groups excluding carboxylic acids is 1. The van der Waals surface area contributed by atoms with E-state index in [2.05, 4.69) is 18.7 Å². The van der Waals surface area contributed by atoms with Crippen molar-refractivity contribution in [3.05, 3.63) is 35.4 Å². The molecule has 1 rings (SSSR count). The van der Waals surface area contributed by atoms with Crippen molar-refractivity contribution in [2.45, 2.75) is 27.2 Å². The SMILES string of the molecule is CCCN(CC)CC(=O)c1cccc(C)c1. The third kappa shape index (κ3) is 3.78. The van der Waals surface area contributed by atoms with Crippen molar-refractivity contribution in [2.24, 2.45) is 0 Å². The molecule has 16 heavy (non-hydrogen) atoms. The van der Waals surface area contributed by atoms with Gasteiger partial charge in [0.2, 0.25) is 0 Å². The first-order valence-corrected chi connectivity index (χ1v) is 5.99. The van der Waals surface area contributed by atoms with Gasteiger partial charge in [0.25, 0.3) is 0 Å². The zero-order valence-corrected chi connectivity index (χ0v) is 10.5. The molecule has 0 atom stereocenters. The fourth-order valence-corrected chi connectivity index (χ4v) is 1.78. The zero-order valence-electron chi connectivity index (χ0n) is 10.5. The molecule has 2 heteroatoms. The first-order chi connectivity index (χ1) is 7.67. The van der Waals surface area contributed by atoms with Crippen molar-refractivity contribution in [3.8, 4) is 0 Å². The van der Waals surface area contributed by atoms with Gasteiger partial charge in [-0.05, 0) is 32.5 Å². The molecule has 1 aromatic carbocycles. The number of Topliss-reactive ketones (excluding diaryl/α,β-unsaturated/α-hetero) is 1. The Bertz CT molecular complexity index is 346. The number of likely N-dealkylation sites (N-methyl/N-ethyl adjacent to an activating group) is 1. The Morgan fingerprint density at radius 3 is 2.62 bits per heavy atom. The minimum Gasteiger partial charge on any atom is -0.296 e. The van der Waals surface area contributed by atoms with Gasteiger partial charge in [-0.2, -0.15) is 0 Å². The summed E-state index contributed by atoms with van der Waals surface area (Å²) >= 11 is 0. The summed E-state index contributed by atoms with van der Waals surface area (Å²) in [5.74, 6) is 0.221. The van der Waals surface area contributed by atoms with Crippen molar-refractivity contribution in [3.63, 3.8) is 0 Å². The first kappa shape index (κ1) is 12.9. The Labute approximate surface area is 98.3 Å². The van der Waals surface area contributed by atoms with E-state index in [4.69, 9.17) is 0 Å². The predicted molar refractivity (Wildman–Crippen MR) is 67.9 cm³/mol. The summed E-state index contributed by atoms with van der Waals surface area (Å²) in [5.41, 5.74) is 1.97. The molecule has 0 spiro atoms. The summed E-state index contributed by atoms with van der Waals surface area (Å²) in [6.45, 7) is 8.71. The maximum atomic E-state index is 12.0. The highest BCUT2D eigenvalue weighted by molar-refractivity contribution is 5.97. The standard InChI is InChI=1S/C14H21NO/c1-4-9-15(5-2)11-14(16)13-8-6-7-12(3)10-13/h6-8,10H,4-5,9,11H2,1-3H3. The van der Waals surface area contributed by atoms with E-state index in [1.54, 1.807) is 0 Å². The quantitative estimate of drug-likeness (QED) is 0.686. The largest absolute Gasteiger partial charge is 0.296 e. The zero-order chi connectivity index (χ0) is 12.0. The molecule has 1 aromatic rings. The molecule has 2 nitrogen and oxygen atoms in total. The van der Waals surface area contributed by atoms with Crippen molar-refractivity contribution in [2.75, 3.05) is 19.6 Å². The second-order valence-electron chi connectivity index (χ2n) is 4.16. The fraction of sp³-hybridized carbons (Fsp3) is 0.500. The van der Waals surface area contributed by atoms with Crippen LogP contribution in [0.25, 0.3) is 0 Å². The maximum Gasteiger partial charge on any atom is 0.176 e. The van der Waals surface area contributed by atoms with Crippen molar-refractivity contribution in [1.82, 2.24) is 4.90 Å². The molecule has 0 radical (unpaired) electrons. The lowest BCUT2D eigenvalue weighted by molar-refractivity contribution is 0.0934. The Balaban J connectivity index is 2.64. The van der Waals surface area contributed by atoms with Crippen LogP contribution in [0.2, 0.25) is 0 Å². The van der Waals surface area contributed by atoms with Gasteiger partial charge < -0.3 is 0 Å². The van der Waals surface area contributed by atoms with Crippen LogP contribution < -0.4 is 0 Å². The molecule has 0 unspecified atom stereocenters. The van der Waals surface area contributed by atoms with Gasteiger partial charge in [-0.1, -0.05) is 37.6 Å². The van der Waals surface area contributed by atoms with E-state index in [-0.39, 0.29) is 5.78 Å². The van der Waals surface area contributed by atoms with E-state index in [0.29, 0.717) is 6.54 Å². The molecular formula is C14H21NO. The molecule has 0 aliphatic rings. The lowest BCUT2D eigenvalue weighted by Gasteiger charge is -2.18. The molecule has 0 fully saturated rings. The van der Waals surface area contributed by atoms with Crippen LogP contribution in [0.15, 0.2) is 24.3 Å². The van der Waals surface area contributed by atoms with Gasteiger partial charge in [0.1, 0.15) is 0 Å². The third-order valence-electron chi connectivity index (χ3n) is 2.69. The van der Waals surface area contributed by atoms with Gasteiger partial charge in [-0.3, -0.25) is 9.69 Å². The first-order valence-electron chi connectivity index (χ1n) is 5.99. The minimum absolute atomic E-state index is 0.221. The summed E-state index contributed by atoms with van der Waals surface area (Å²) in [5, 5.41) is 0. The molecule has 0 heterocycles. The van der Waals surface area contributed by atoms with E-state index in [1.165, 1.54) is 0 Å². The number of hydrogen-bond acceptors (Lipinski definition) is 2. The maximum absolute atomic E-state index is 12.0. The number of ketones is 1. The summed E-state index contributed by atoms with van der Waals surface area (Å²) in [6, 6.07) is 7.82. The van der Waals surface area contributed by atoms with Gasteiger partial charge in [-0.15, -0.1) is 0 Å². The molecule has 0 amide bonds. The van der Waals surface area contributed by atoms with Crippen molar-refractivity contribution in [1.29, 1.82) is 0 Å². The Morgan fingerprint density at radius 2 is 2.06 bits per heavy atom. The Kier molecular flexibility index (Phi) is 5.20. The van der Waals surface area contributed by atoms with Crippen LogP contribution in [0.4, 0.5) is 0 Å². The molecule has 0 N–H and O–H groups in total. The molecule has 0 aliphatic carbocycles. The van der Waals surface area contributed by atoms with Crippen molar-refractivity contribution < 1.29 is 4.79 Å². The number of benzene rings is 1. The second kappa shape index (κ2) is 6.44. The van der Waals surface area contributed by atoms with E-state index >= 15 is 0 Å². The van der Waals surface area contributed by atoms with Crippen LogP contribution in [0.1, 0.15) is 36.2 Å². The molecule has 88 valence electrons. The number of rotatable bonds is 6. The summed E-state index contributed by atoms with van der Waals surface area (Å²) < 4.78 is 0. The van der Waals surface area contributed by atoms with Gasteiger partial charge >= 0.3 is 0 Å². The average molecular weight is 219 g/mol. The Morgan fingerprint density at radius 1 is 1.31 bits per heavy atom. The second-order valence-corrected chi connectivity index (χ2v) is 4.16. The van der Waals surface area contributed by atoms with Gasteiger partial charge in [0, 0.05) is 5.56 Å². The lowest BCUT2D eigenvalue weighted by atomic mass is 10.1. The molecular weight excluding hydrogens is 198 g/mol. The number of aryl methyl sites for hydroxylation is 1. The van der Waals surface area contributed by atoms with Crippen LogP contribution >= 0.6 is 0 Å². The highest BCUT2D eigenvalue weighted by Crippen LogP contribution is 2.06. The van der Waals surface area contributed by atoms with Crippen LogP contribution in [0.3, 0.4) is 0 Å². The highest BCUT2D eigenvalue weighted by atomic mass is 16.1. The smallest absolute Gasteiger partial charge is 0.176 e. The topological polar surface area (TPSA) is 20.3 Å². The summed E-state index contributed by atoms with van der Waals surface area (Å²) in [4.78, 5) is 14.2. The fourth-order valence-electron chi connectivity index (χ4n) is 1.78. The number of hydrogen-bond donors (Lipinski definition) is 0. The average Bonchev–Trinajstić information content (AvgIpc) is 2.28. The van der Waals surface area contributed by atoms with Gasteiger partial charge in [0.05, 0.1) is 6.54 Å². The van der Waals surface area contributed by atoms with Crippen LogP contribution in [-0.2, 0) is 0 Å². The van der Waals surface area contributed by atoms with Crippen molar-refractivity contribution >= 4 is 5.78 Å². The Hall–Kier alpha value is -1.15. The lowest BCUT2D eigenvalue weighted by Crippen LogP contribution is -2.30. The predicted octanol–water partition coefficient (Wildman–Crippen LogP) is 2.91. The molecule has 0 bridgehead atoms. The van der Waals surface area contributed by atoms with Gasteiger partial charge in [-0.25, -0.2) is 0 Å². The minimum atomic E-state index is 0.221. The number of nitrogens with zero attached hydrogens (tertiary/aromatic N) is 1. The molecule has 0 aliphatic heterocycles. The third-order valence-corrected chi connectivity index (χ3v) is 2.69. The van der Waals surface area contributed by atoms with Crippen LogP contribution in [0.5, 0.6) is 0 Å². The van der Waals surface area contributed by atoms with E-state index < -0.39 is 0 Å². The molecule has 0 aromatic heterocycles. The summed E-state index contributed by atoms with van der Waals surface area (Å²) in [7, 11) is 0. The van der Waals surface area contributed by atoms with Gasteiger partial charge in [0.15, 0.2) is 5.78 Å². The van der Waals surface area contributed by atoms with E-state index in [9.17, 15) is 4.79 Å². The van der Waals surface area contributed by atoms with E-state index in [1.807, 2.05) is 31.2 Å². The highest BCUT2D eigenvalue weighted by Gasteiger charge is 2.10. The van der Waals surface area contributed by atoms with E-state index in [0.717, 1.165) is 30.6 Å². The van der Waals surface area contributed by atoms with Crippen LogP contribution in [-0.4, -0.2) is 30.3 Å². The summed E-state index contributed by atoms with van der Waals surface area (Å²) in [6.07, 6.45) is 1.09. The van der Waals surface area contributed by atoms with Crippen LogP contribution in [0, 0.1) is 6.92 Å². The number of carbonyl (C=O) groups is 1. The monoisotopic (exact) mass is 219 g/mol. The molecule has 0 saturated carbocycles.